The molecule has 0 spiro atoms. The first-order valence-corrected chi connectivity index (χ1v) is 31.9. The summed E-state index contributed by atoms with van der Waals surface area (Å²) < 4.78 is 38.1. The van der Waals surface area contributed by atoms with E-state index in [0.29, 0.717) is 85.0 Å². The summed E-state index contributed by atoms with van der Waals surface area (Å²) >= 11 is 47.8. The number of hydrogen-bond acceptors (Lipinski definition) is 27. The minimum absolute atomic E-state index is 0. The maximum Gasteiger partial charge on any atom is 1.00 e. The van der Waals surface area contributed by atoms with E-state index in [4.69, 9.17) is 154 Å². The van der Waals surface area contributed by atoms with E-state index in [-0.39, 0.29) is 79.3 Å². The number of esters is 2. The molecule has 8 aromatic rings. The summed E-state index contributed by atoms with van der Waals surface area (Å²) in [7, 11) is 8.30. The van der Waals surface area contributed by atoms with Gasteiger partial charge in [-0.2, -0.15) is 22.7 Å². The topological polar surface area (TPSA) is 414 Å². The average Bonchev–Trinajstić information content (AvgIpc) is 1.63. The van der Waals surface area contributed by atoms with Gasteiger partial charge in [-0.3, -0.25) is 5.10 Å². The SMILES string of the molecule is CC(C)OC(=O)C#CI.COc1cc(-c2ncn(/C=C\C(=O)OC(C)C)n2)cc(Cl)n1.COc1cc(-c2ncn[nH]2)cc(Cl)n1.COc1cc(C#N)cc(Cl)n1.COc1cc(C(N)=S)cc(Cl)n1.COc1cc(C(N)SC)cc(Cl)n1.C[O-].N#Cc1cc(Cl)nc(Cl)c1.NCC=O.[Na+]. The van der Waals surface area contributed by atoms with Crippen LogP contribution in [0.1, 0.15) is 55.3 Å². The third-order valence-electron chi connectivity index (χ3n) is 9.57. The molecule has 8 heterocycles. The Balaban J connectivity index is 0. The summed E-state index contributed by atoms with van der Waals surface area (Å²) in [5.41, 5.74) is 19.8. The fourth-order valence-electron chi connectivity index (χ4n) is 5.72. The van der Waals surface area contributed by atoms with Crippen LogP contribution in [0, 0.1) is 32.5 Å². The Morgan fingerprint density at radius 2 is 1.10 bits per heavy atom. The van der Waals surface area contributed by atoms with Crippen molar-refractivity contribution in [1.29, 1.82) is 10.5 Å². The molecule has 39 heteroatoms. The number of pyridine rings is 6. The normalized spacial score (nSPS) is 9.73. The Labute approximate surface area is 645 Å². The first-order valence-electron chi connectivity index (χ1n) is 26.5. The molecular weight excluding hydrogens is 1580 g/mol. The van der Waals surface area contributed by atoms with Crippen molar-refractivity contribution in [2.24, 2.45) is 17.2 Å². The maximum absolute atomic E-state index is 11.4. The molecule has 0 saturated heterocycles. The minimum Gasteiger partial charge on any atom is -0.857 e. The van der Waals surface area contributed by atoms with E-state index in [0.717, 1.165) is 18.2 Å². The van der Waals surface area contributed by atoms with Gasteiger partial charge in [-0.05, 0) is 85.9 Å². The number of nitrogens with zero attached hydrogens (tertiary/aromatic N) is 13. The van der Waals surface area contributed by atoms with Crippen molar-refractivity contribution in [3.05, 3.63) is 150 Å². The molecule has 0 aliphatic carbocycles. The van der Waals surface area contributed by atoms with Gasteiger partial charge in [-0.15, -0.1) is 16.9 Å². The molecule has 0 saturated carbocycles. The van der Waals surface area contributed by atoms with Crippen molar-refractivity contribution in [2.45, 2.75) is 45.3 Å². The number of halogens is 8. The molecule has 0 fully saturated rings. The van der Waals surface area contributed by atoms with Crippen LogP contribution in [-0.4, -0.2) is 151 Å². The molecule has 8 aromatic heterocycles. The Morgan fingerprint density at radius 1 is 0.673 bits per heavy atom. The number of hydrogen-bond donors (Lipinski definition) is 4. The first kappa shape index (κ1) is 93.0. The molecule has 0 aromatic carbocycles. The van der Waals surface area contributed by atoms with Gasteiger partial charge in [-0.25, -0.2) is 54.1 Å². The van der Waals surface area contributed by atoms with E-state index >= 15 is 0 Å². The molecule has 28 nitrogen and oxygen atoms in total. The fraction of sp³-hybridized carbons (Fsp3) is 0.254. The van der Waals surface area contributed by atoms with Gasteiger partial charge < -0.3 is 60.3 Å². The molecule has 98 heavy (non-hydrogen) atoms. The number of aromatic amines is 1. The largest absolute Gasteiger partial charge is 1.00 e. The van der Waals surface area contributed by atoms with Crippen LogP contribution in [0.25, 0.3) is 29.0 Å². The Bertz CT molecular complexity index is 3910. The number of aromatic nitrogens is 12. The third kappa shape index (κ3) is 40.7. The number of thiocarbonyl (C=S) groups is 1. The second-order valence-corrected chi connectivity index (χ2v) is 21.8. The number of nitriles is 2. The summed E-state index contributed by atoms with van der Waals surface area (Å²) in [5, 5.41) is 37.8. The molecule has 0 aliphatic rings. The number of thioether (sulfide) groups is 1. The summed E-state index contributed by atoms with van der Waals surface area (Å²) in [6.45, 7) is 7.26. The van der Waals surface area contributed by atoms with Gasteiger partial charge in [0.2, 0.25) is 29.4 Å². The number of aldehydes is 1. The minimum atomic E-state index is -0.459. The number of nitrogens with one attached hydrogen (secondary N) is 1. The van der Waals surface area contributed by atoms with Crippen LogP contribution in [0.4, 0.5) is 0 Å². The monoisotopic (exact) mass is 1640 g/mol. The van der Waals surface area contributed by atoms with E-state index in [1.165, 1.54) is 82.3 Å². The zero-order valence-electron chi connectivity index (χ0n) is 54.1. The predicted octanol–water partition coefficient (Wildman–Crippen LogP) is 7.73. The zero-order valence-corrected chi connectivity index (χ0v) is 65.2. The van der Waals surface area contributed by atoms with Crippen molar-refractivity contribution < 1.29 is 82.2 Å². The van der Waals surface area contributed by atoms with E-state index in [2.05, 4.69) is 75.5 Å². The van der Waals surface area contributed by atoms with Gasteiger partial charge in [0.15, 0.2) is 11.6 Å². The molecule has 1 atom stereocenters. The Morgan fingerprint density at radius 3 is 1.54 bits per heavy atom. The number of nitrogens with two attached hydrogens (primary N) is 3. The summed E-state index contributed by atoms with van der Waals surface area (Å²) in [5.74, 6) is 4.49. The molecule has 0 bridgehead atoms. The van der Waals surface area contributed by atoms with Crippen LogP contribution in [-0.2, 0) is 23.9 Å². The van der Waals surface area contributed by atoms with Gasteiger partial charge in [0.05, 0.1) is 76.4 Å². The summed E-state index contributed by atoms with van der Waals surface area (Å²) in [6.07, 6.45) is 7.97. The maximum atomic E-state index is 11.4. The van der Waals surface area contributed by atoms with Crippen LogP contribution < -0.4 is 75.5 Å². The molecule has 1 unspecified atom stereocenters. The third-order valence-corrected chi connectivity index (χ3v) is 12.2. The molecule has 0 radical (unpaired) electrons. The Hall–Kier alpha value is -7.05. The fourth-order valence-corrected chi connectivity index (χ4v) is 7.94. The van der Waals surface area contributed by atoms with Crippen molar-refractivity contribution in [3.63, 3.8) is 0 Å². The van der Waals surface area contributed by atoms with Crippen molar-refractivity contribution >= 4 is 157 Å². The first-order chi connectivity index (χ1) is 46.1. The van der Waals surface area contributed by atoms with Crippen molar-refractivity contribution in [1.82, 2.24) is 59.8 Å². The van der Waals surface area contributed by atoms with Gasteiger partial charge in [0.25, 0.3) is 0 Å². The smallest absolute Gasteiger partial charge is 0.857 e. The van der Waals surface area contributed by atoms with Crippen LogP contribution in [0.2, 0.25) is 36.1 Å². The van der Waals surface area contributed by atoms with Gasteiger partial charge in [-0.1, -0.05) is 93.4 Å². The standard InChI is InChI=1S/C14H15ClN4O3.C8H7ClN4O.C8H11ClN2OS.C7H7ClN2OS.C7H5ClN2O.C6H2Cl2N2.C6H7IO2.C2H5NO.CH3O.Na/c1-9(2)22-13(20)4-5-19-8-16-14(18-19)10-6-11(15)17-12(7-10)21-3;1-14-7-3-5(2-6(9)12-7)8-10-4-11-13-8;1-12-7-4-5(8(10)13-2)3-6(9)11-7;1-11-6-3-4(7(9)12)2-5(8)10-6;1-11-7-3-5(4-9)2-6(8)10-7;7-5-1-4(3-9)2-6(8)10-5;1-5(2)9-6(8)3-4-7;3-1-2-4;1-2;/h4-9H,1-3H3;2-4H,1H3,(H,10,11,13);3-4,8H,10H2,1-2H3;2-3H,1H3,(H2,9,12);2-3H,1H3;1-2H;5H,1-2H3;2H,1,3H2;1H3;/q;;;;;;;;-1;+1/b5-4-;;;;;;;;;. The molecule has 0 amide bonds. The molecule has 7 N–H and O–H groups in total. The van der Waals surface area contributed by atoms with Gasteiger partial charge in [0, 0.05) is 94.4 Å². The predicted molar refractivity (Wildman–Crippen MR) is 384 cm³/mol. The molecular formula is C59H62Cl7IN17NaO11S2. The van der Waals surface area contributed by atoms with E-state index in [1.54, 1.807) is 118 Å². The summed E-state index contributed by atoms with van der Waals surface area (Å²) in [4.78, 5) is 62.5. The van der Waals surface area contributed by atoms with Crippen LogP contribution in [0.3, 0.4) is 0 Å². The van der Waals surface area contributed by atoms with E-state index in [1.807, 2.05) is 18.4 Å². The quantitative estimate of drug-likeness (QED) is 0.00877. The Kier molecular flexibility index (Phi) is 51.1. The number of carbonyl (C=O) groups is 3. The number of methoxy groups -OCH3 is 5. The van der Waals surface area contributed by atoms with Crippen molar-refractivity contribution in [3.8, 4) is 74.2 Å². The van der Waals surface area contributed by atoms with E-state index in [9.17, 15) is 9.59 Å². The number of carbonyl (C=O) groups excluding carboxylic acids is 3. The average molecular weight is 1650 g/mol. The molecule has 8 rings (SSSR count). The summed E-state index contributed by atoms with van der Waals surface area (Å²) in [6, 6.07) is 23.2. The number of H-pyrrole nitrogens is 1. The van der Waals surface area contributed by atoms with Crippen LogP contribution >= 0.6 is 128 Å². The number of ether oxygens (including phenoxy) is 7. The van der Waals surface area contributed by atoms with Crippen LogP contribution in [0.5, 0.6) is 29.4 Å². The second-order valence-electron chi connectivity index (χ2n) is 17.2. The second kappa shape index (κ2) is 53.9. The van der Waals surface area contributed by atoms with Gasteiger partial charge >= 0.3 is 41.5 Å². The van der Waals surface area contributed by atoms with Crippen molar-refractivity contribution in [2.75, 3.05) is 55.5 Å². The van der Waals surface area contributed by atoms with Gasteiger partial charge in [0.1, 0.15) is 60.0 Å². The van der Waals surface area contributed by atoms with Crippen LogP contribution in [0.15, 0.2) is 91.5 Å². The molecule has 0 aliphatic heterocycles. The zero-order chi connectivity index (χ0) is 73.6. The van der Waals surface area contributed by atoms with E-state index < -0.39 is 11.9 Å². The number of rotatable bonds is 15. The molecule has 518 valence electrons.